The summed E-state index contributed by atoms with van der Waals surface area (Å²) in [5.74, 6) is -0.224. The molecule has 0 saturated heterocycles. The molecule has 1 aliphatic heterocycles. The Morgan fingerprint density at radius 2 is 1.89 bits per heavy atom. The number of carbonyl (C=O) groups excluding carboxylic acids is 3. The molecular weight excluding hydrogens is 398 g/mol. The summed E-state index contributed by atoms with van der Waals surface area (Å²) in [4.78, 5) is 39.7. The van der Waals surface area contributed by atoms with E-state index in [9.17, 15) is 14.4 Å². The van der Waals surface area contributed by atoms with E-state index in [-0.39, 0.29) is 24.3 Å². The number of fused-ring (bicyclic) bond motifs is 1. The zero-order valence-corrected chi connectivity index (χ0v) is 16.8. The summed E-state index contributed by atoms with van der Waals surface area (Å²) in [6.07, 6.45) is 0. The SMILES string of the molecule is CC1NC(=O)c2ccccc2N(CC(=O)NCCSc2ccc(Cl)cc2)C1=O. The maximum Gasteiger partial charge on any atom is 0.254 e. The van der Waals surface area contributed by atoms with E-state index < -0.39 is 6.04 Å². The monoisotopic (exact) mass is 417 g/mol. The number of nitrogens with one attached hydrogen (secondary N) is 2. The number of thioether (sulfide) groups is 1. The third-order valence-electron chi connectivity index (χ3n) is 4.23. The molecule has 0 aliphatic carbocycles. The van der Waals surface area contributed by atoms with Crippen LogP contribution in [-0.2, 0) is 9.59 Å². The lowest BCUT2D eigenvalue weighted by atomic mass is 10.1. The lowest BCUT2D eigenvalue weighted by molar-refractivity contribution is -0.124. The molecule has 1 aliphatic rings. The van der Waals surface area contributed by atoms with Gasteiger partial charge in [-0.25, -0.2) is 0 Å². The van der Waals surface area contributed by atoms with Crippen molar-refractivity contribution in [2.75, 3.05) is 23.7 Å². The molecule has 0 fully saturated rings. The maximum atomic E-state index is 12.6. The van der Waals surface area contributed by atoms with E-state index >= 15 is 0 Å². The molecule has 0 bridgehead atoms. The van der Waals surface area contributed by atoms with Gasteiger partial charge in [0.15, 0.2) is 0 Å². The van der Waals surface area contributed by atoms with Crippen molar-refractivity contribution in [1.82, 2.24) is 10.6 Å². The summed E-state index contributed by atoms with van der Waals surface area (Å²) in [7, 11) is 0. The van der Waals surface area contributed by atoms with E-state index in [0.29, 0.717) is 28.6 Å². The number of para-hydroxylation sites is 1. The molecule has 1 heterocycles. The van der Waals surface area contributed by atoms with Gasteiger partial charge in [-0.2, -0.15) is 0 Å². The quantitative estimate of drug-likeness (QED) is 0.559. The zero-order chi connectivity index (χ0) is 20.1. The van der Waals surface area contributed by atoms with Crippen LogP contribution in [-0.4, -0.2) is 42.6 Å². The van der Waals surface area contributed by atoms with Gasteiger partial charge in [-0.15, -0.1) is 11.8 Å². The van der Waals surface area contributed by atoms with Crippen molar-refractivity contribution in [1.29, 1.82) is 0 Å². The number of benzene rings is 2. The second kappa shape index (κ2) is 9.12. The molecule has 1 atom stereocenters. The Bertz CT molecular complexity index is 889. The standard InChI is InChI=1S/C20H20ClN3O3S/c1-13-20(27)24(17-5-3-2-4-16(17)19(26)23-13)12-18(25)22-10-11-28-15-8-6-14(21)7-9-15/h2-9,13H,10-12H2,1H3,(H,22,25)(H,23,26). The summed E-state index contributed by atoms with van der Waals surface area (Å²) < 4.78 is 0. The van der Waals surface area contributed by atoms with Crippen LogP contribution in [0.15, 0.2) is 53.4 Å². The first-order valence-electron chi connectivity index (χ1n) is 8.82. The van der Waals surface area contributed by atoms with Gasteiger partial charge in [0.25, 0.3) is 5.91 Å². The van der Waals surface area contributed by atoms with Gasteiger partial charge in [-0.1, -0.05) is 23.7 Å². The number of rotatable bonds is 6. The van der Waals surface area contributed by atoms with Crippen LogP contribution in [0.3, 0.4) is 0 Å². The fourth-order valence-electron chi connectivity index (χ4n) is 2.84. The summed E-state index contributed by atoms with van der Waals surface area (Å²) in [5, 5.41) is 6.16. The molecular formula is C20H20ClN3O3S. The summed E-state index contributed by atoms with van der Waals surface area (Å²) in [6.45, 7) is 1.93. The van der Waals surface area contributed by atoms with E-state index in [4.69, 9.17) is 11.6 Å². The minimum absolute atomic E-state index is 0.138. The van der Waals surface area contributed by atoms with Crippen LogP contribution in [0.4, 0.5) is 5.69 Å². The Hall–Kier alpha value is -2.51. The first-order valence-corrected chi connectivity index (χ1v) is 10.2. The van der Waals surface area contributed by atoms with Crippen molar-refractivity contribution in [3.8, 4) is 0 Å². The Morgan fingerprint density at radius 1 is 1.18 bits per heavy atom. The highest BCUT2D eigenvalue weighted by Crippen LogP contribution is 2.24. The van der Waals surface area contributed by atoms with Crippen molar-refractivity contribution < 1.29 is 14.4 Å². The van der Waals surface area contributed by atoms with Gasteiger partial charge >= 0.3 is 0 Å². The highest BCUT2D eigenvalue weighted by molar-refractivity contribution is 7.99. The third kappa shape index (κ3) is 4.85. The van der Waals surface area contributed by atoms with E-state index in [1.54, 1.807) is 43.0 Å². The Kier molecular flexibility index (Phi) is 6.59. The van der Waals surface area contributed by atoms with Crippen LogP contribution in [0.2, 0.25) is 5.02 Å². The minimum Gasteiger partial charge on any atom is -0.354 e. The van der Waals surface area contributed by atoms with Gasteiger partial charge in [0.05, 0.1) is 11.3 Å². The molecule has 2 aromatic rings. The van der Waals surface area contributed by atoms with Gasteiger partial charge < -0.3 is 15.5 Å². The number of hydrogen-bond donors (Lipinski definition) is 2. The molecule has 2 N–H and O–H groups in total. The van der Waals surface area contributed by atoms with Crippen molar-refractivity contribution in [3.63, 3.8) is 0 Å². The largest absolute Gasteiger partial charge is 0.354 e. The summed E-state index contributed by atoms with van der Waals surface area (Å²) in [5.41, 5.74) is 0.825. The van der Waals surface area contributed by atoms with E-state index in [0.717, 1.165) is 4.90 Å². The fraction of sp³-hybridized carbons (Fsp3) is 0.250. The first-order chi connectivity index (χ1) is 13.5. The molecule has 0 radical (unpaired) electrons. The number of halogens is 1. The summed E-state index contributed by atoms with van der Waals surface area (Å²) in [6, 6.07) is 13.6. The molecule has 146 valence electrons. The predicted molar refractivity (Wildman–Crippen MR) is 111 cm³/mol. The lowest BCUT2D eigenvalue weighted by Gasteiger charge is -2.23. The van der Waals surface area contributed by atoms with Gasteiger partial charge in [0.1, 0.15) is 12.6 Å². The van der Waals surface area contributed by atoms with E-state index in [1.807, 2.05) is 24.3 Å². The van der Waals surface area contributed by atoms with Crippen LogP contribution < -0.4 is 15.5 Å². The Balaban J connectivity index is 1.59. The second-order valence-corrected chi connectivity index (χ2v) is 7.89. The molecule has 1 unspecified atom stereocenters. The molecule has 0 spiro atoms. The van der Waals surface area contributed by atoms with Crippen molar-refractivity contribution in [2.24, 2.45) is 0 Å². The van der Waals surface area contributed by atoms with Gasteiger partial charge in [-0.3, -0.25) is 14.4 Å². The molecule has 6 nitrogen and oxygen atoms in total. The average Bonchev–Trinajstić information content (AvgIpc) is 2.77. The van der Waals surface area contributed by atoms with Crippen LogP contribution in [0.1, 0.15) is 17.3 Å². The Morgan fingerprint density at radius 3 is 2.64 bits per heavy atom. The van der Waals surface area contributed by atoms with Gasteiger partial charge in [0, 0.05) is 22.2 Å². The molecule has 0 saturated carbocycles. The molecule has 2 aromatic carbocycles. The van der Waals surface area contributed by atoms with Crippen molar-refractivity contribution in [3.05, 3.63) is 59.1 Å². The number of nitrogens with zero attached hydrogens (tertiary/aromatic N) is 1. The average molecular weight is 418 g/mol. The normalized spacial score (nSPS) is 16.2. The van der Waals surface area contributed by atoms with Crippen LogP contribution in [0.25, 0.3) is 0 Å². The minimum atomic E-state index is -0.701. The van der Waals surface area contributed by atoms with E-state index in [1.165, 1.54) is 4.90 Å². The van der Waals surface area contributed by atoms with Crippen LogP contribution in [0.5, 0.6) is 0 Å². The fourth-order valence-corrected chi connectivity index (χ4v) is 3.74. The summed E-state index contributed by atoms with van der Waals surface area (Å²) >= 11 is 7.46. The highest BCUT2D eigenvalue weighted by atomic mass is 35.5. The van der Waals surface area contributed by atoms with Gasteiger partial charge in [0.2, 0.25) is 11.8 Å². The molecule has 3 rings (SSSR count). The number of anilines is 1. The van der Waals surface area contributed by atoms with E-state index in [2.05, 4.69) is 10.6 Å². The first kappa shape index (κ1) is 20.2. The molecule has 28 heavy (non-hydrogen) atoms. The lowest BCUT2D eigenvalue weighted by Crippen LogP contribution is -2.47. The molecule has 8 heteroatoms. The second-order valence-electron chi connectivity index (χ2n) is 6.29. The third-order valence-corrected chi connectivity index (χ3v) is 5.50. The number of amides is 3. The zero-order valence-electron chi connectivity index (χ0n) is 15.3. The van der Waals surface area contributed by atoms with Crippen LogP contribution in [0, 0.1) is 0 Å². The van der Waals surface area contributed by atoms with Gasteiger partial charge in [-0.05, 0) is 43.3 Å². The van der Waals surface area contributed by atoms with Crippen LogP contribution >= 0.6 is 23.4 Å². The van der Waals surface area contributed by atoms with Crippen molar-refractivity contribution in [2.45, 2.75) is 17.9 Å². The smallest absolute Gasteiger partial charge is 0.254 e. The topological polar surface area (TPSA) is 78.5 Å². The highest BCUT2D eigenvalue weighted by Gasteiger charge is 2.31. The molecule has 0 aromatic heterocycles. The maximum absolute atomic E-state index is 12.6. The predicted octanol–water partition coefficient (Wildman–Crippen LogP) is 2.71. The van der Waals surface area contributed by atoms with Crippen molar-refractivity contribution >= 4 is 46.8 Å². The number of hydrogen-bond acceptors (Lipinski definition) is 4. The molecule has 3 amide bonds. The number of carbonyl (C=O) groups is 3. The Labute approximate surface area is 172 Å².